The van der Waals surface area contributed by atoms with E-state index in [2.05, 4.69) is 63.6 Å². The van der Waals surface area contributed by atoms with Gasteiger partial charge in [-0.2, -0.15) is 0 Å². The summed E-state index contributed by atoms with van der Waals surface area (Å²) in [4.78, 5) is 18.4. The van der Waals surface area contributed by atoms with Crippen LogP contribution in [0.5, 0.6) is 5.75 Å². The number of hydrogen-bond acceptors (Lipinski definition) is 5. The van der Waals surface area contributed by atoms with Crippen LogP contribution in [-0.4, -0.2) is 68.9 Å². The molecule has 0 bridgehead atoms. The minimum atomic E-state index is -0.00798. The molecule has 3 aromatic carbocycles. The fourth-order valence-electron chi connectivity index (χ4n) is 6.36. The molecule has 212 valence electrons. The molecule has 3 saturated heterocycles. The van der Waals surface area contributed by atoms with Gasteiger partial charge in [-0.3, -0.25) is 4.79 Å². The Labute approximate surface area is 242 Å². The second-order valence-electron chi connectivity index (χ2n) is 11.6. The van der Waals surface area contributed by atoms with Crippen LogP contribution < -0.4 is 15.0 Å². The van der Waals surface area contributed by atoms with E-state index in [0.717, 1.165) is 82.9 Å². The van der Waals surface area contributed by atoms with Gasteiger partial charge in [0.15, 0.2) is 0 Å². The van der Waals surface area contributed by atoms with Crippen molar-refractivity contribution in [1.82, 2.24) is 10.2 Å². The highest BCUT2D eigenvalue weighted by Gasteiger charge is 2.30. The molecule has 6 nitrogen and oxygen atoms in total. The summed E-state index contributed by atoms with van der Waals surface area (Å²) in [6.07, 6.45) is 6.02. The van der Waals surface area contributed by atoms with Crippen LogP contribution in [0.3, 0.4) is 0 Å². The summed E-state index contributed by atoms with van der Waals surface area (Å²) in [5.74, 6) is 0.890. The third-order valence-corrected chi connectivity index (χ3v) is 8.92. The molecular weight excluding hydrogens is 522 g/mol. The highest BCUT2D eigenvalue weighted by atomic mass is 35.5. The lowest BCUT2D eigenvalue weighted by molar-refractivity contribution is -0.125. The molecule has 1 amide bonds. The highest BCUT2D eigenvalue weighted by Crippen LogP contribution is 2.30. The number of carbonyl (C=O) groups excluding carboxylic acids is 1. The van der Waals surface area contributed by atoms with Gasteiger partial charge in [0.25, 0.3) is 0 Å². The van der Waals surface area contributed by atoms with Crippen molar-refractivity contribution in [2.24, 2.45) is 5.92 Å². The summed E-state index contributed by atoms with van der Waals surface area (Å²) < 4.78 is 11.6. The van der Waals surface area contributed by atoms with E-state index in [1.165, 1.54) is 29.3 Å². The first-order chi connectivity index (χ1) is 19.6. The zero-order valence-electron chi connectivity index (χ0n) is 23.2. The highest BCUT2D eigenvalue weighted by molar-refractivity contribution is 6.32. The first kappa shape index (κ1) is 27.4. The molecule has 0 saturated carbocycles. The second kappa shape index (κ2) is 12.8. The van der Waals surface area contributed by atoms with Crippen LogP contribution in [0, 0.1) is 5.92 Å². The van der Waals surface area contributed by atoms with Crippen LogP contribution >= 0.6 is 11.6 Å². The molecule has 0 aromatic heterocycles. The van der Waals surface area contributed by atoms with E-state index in [1.54, 1.807) is 0 Å². The summed E-state index contributed by atoms with van der Waals surface area (Å²) in [5, 5.41) is 6.56. The lowest BCUT2D eigenvalue weighted by Gasteiger charge is -2.27. The molecule has 2 atom stereocenters. The van der Waals surface area contributed by atoms with E-state index in [4.69, 9.17) is 21.1 Å². The van der Waals surface area contributed by atoms with Crippen molar-refractivity contribution in [3.05, 3.63) is 71.2 Å². The van der Waals surface area contributed by atoms with Gasteiger partial charge in [-0.1, -0.05) is 48.0 Å². The number of likely N-dealkylation sites (tertiary alicyclic amines) is 1. The molecule has 1 unspecified atom stereocenters. The van der Waals surface area contributed by atoms with E-state index in [0.29, 0.717) is 5.02 Å². The summed E-state index contributed by atoms with van der Waals surface area (Å²) in [5.41, 5.74) is 2.32. The van der Waals surface area contributed by atoms with Gasteiger partial charge in [0.05, 0.1) is 24.2 Å². The van der Waals surface area contributed by atoms with E-state index >= 15 is 0 Å². The number of benzene rings is 3. The zero-order chi connectivity index (χ0) is 27.3. The first-order valence-electron chi connectivity index (χ1n) is 14.9. The number of halogens is 1. The third kappa shape index (κ3) is 6.73. The largest absolute Gasteiger partial charge is 0.489 e. The van der Waals surface area contributed by atoms with Crippen LogP contribution in [0.15, 0.2) is 60.7 Å². The maximum absolute atomic E-state index is 13.5. The molecular formula is C33H40ClN3O3. The van der Waals surface area contributed by atoms with Crippen molar-refractivity contribution in [3.63, 3.8) is 0 Å². The van der Waals surface area contributed by atoms with Crippen molar-refractivity contribution < 1.29 is 14.3 Å². The van der Waals surface area contributed by atoms with E-state index in [1.807, 2.05) is 12.1 Å². The molecule has 3 aliphatic rings. The van der Waals surface area contributed by atoms with Crippen LogP contribution in [-0.2, 0) is 16.0 Å². The van der Waals surface area contributed by atoms with Gasteiger partial charge in [0, 0.05) is 44.2 Å². The predicted molar refractivity (Wildman–Crippen MR) is 161 cm³/mol. The van der Waals surface area contributed by atoms with Crippen LogP contribution in [0.2, 0.25) is 5.02 Å². The summed E-state index contributed by atoms with van der Waals surface area (Å²) >= 11 is 6.66. The number of anilines is 1. The van der Waals surface area contributed by atoms with Gasteiger partial charge in [0.2, 0.25) is 5.91 Å². The predicted octanol–water partition coefficient (Wildman–Crippen LogP) is 5.70. The molecule has 3 fully saturated rings. The molecule has 0 radical (unpaired) electrons. The van der Waals surface area contributed by atoms with Crippen molar-refractivity contribution in [3.8, 4) is 5.75 Å². The Morgan fingerprint density at radius 3 is 2.58 bits per heavy atom. The zero-order valence-corrected chi connectivity index (χ0v) is 24.0. The first-order valence-corrected chi connectivity index (χ1v) is 15.3. The average Bonchev–Trinajstić information content (AvgIpc) is 3.68. The smallest absolute Gasteiger partial charge is 0.225 e. The maximum atomic E-state index is 13.5. The lowest BCUT2D eigenvalue weighted by Crippen LogP contribution is -2.46. The number of hydrogen-bond donors (Lipinski definition) is 1. The minimum absolute atomic E-state index is 0.00798. The number of amides is 1. The quantitative estimate of drug-likeness (QED) is 0.363. The van der Waals surface area contributed by atoms with Crippen LogP contribution in [0.4, 0.5) is 5.69 Å². The standard InChI is InChI=1S/C33H40ClN3O3/c34-31-20-24(7-10-32(31)40-30-12-17-39-18-13-30)19-28(23-36-14-3-4-15-36)35-33(38)27-11-16-37(22-27)29-9-8-25-5-1-2-6-26(25)21-29/h1-2,5-10,20-21,27-28,30H,3-4,11-19,22-23H2,(H,35,38)/t27-,28?/m1/s1. The average molecular weight is 562 g/mol. The third-order valence-electron chi connectivity index (χ3n) is 8.62. The molecule has 7 heteroatoms. The van der Waals surface area contributed by atoms with E-state index in [-0.39, 0.29) is 24.0 Å². The van der Waals surface area contributed by atoms with Crippen molar-refractivity contribution in [2.75, 3.05) is 50.8 Å². The Bertz CT molecular complexity index is 1310. The Kier molecular flexibility index (Phi) is 8.76. The maximum Gasteiger partial charge on any atom is 0.225 e. The molecule has 0 spiro atoms. The van der Waals surface area contributed by atoms with Crippen LogP contribution in [0.1, 0.15) is 37.7 Å². The number of rotatable bonds is 9. The fourth-order valence-corrected chi connectivity index (χ4v) is 6.61. The number of ether oxygens (including phenoxy) is 2. The lowest BCUT2D eigenvalue weighted by atomic mass is 10.0. The molecule has 1 N–H and O–H groups in total. The Balaban J connectivity index is 1.09. The Morgan fingerprint density at radius 2 is 1.77 bits per heavy atom. The fraction of sp³-hybridized carbons (Fsp3) is 0.485. The monoisotopic (exact) mass is 561 g/mol. The van der Waals surface area contributed by atoms with Gasteiger partial charge >= 0.3 is 0 Å². The number of nitrogens with zero attached hydrogens (tertiary/aromatic N) is 2. The molecule has 3 heterocycles. The summed E-state index contributed by atoms with van der Waals surface area (Å²) in [6.45, 7) is 6.19. The van der Waals surface area contributed by atoms with Gasteiger partial charge in [-0.25, -0.2) is 0 Å². The van der Waals surface area contributed by atoms with Crippen molar-refractivity contribution >= 4 is 34.0 Å². The summed E-state index contributed by atoms with van der Waals surface area (Å²) in [6, 6.07) is 21.2. The van der Waals surface area contributed by atoms with Crippen molar-refractivity contribution in [2.45, 2.75) is 50.7 Å². The van der Waals surface area contributed by atoms with Crippen molar-refractivity contribution in [1.29, 1.82) is 0 Å². The van der Waals surface area contributed by atoms with E-state index in [9.17, 15) is 4.79 Å². The van der Waals surface area contributed by atoms with E-state index < -0.39 is 0 Å². The molecule has 0 aliphatic carbocycles. The van der Waals surface area contributed by atoms with Gasteiger partial charge in [-0.15, -0.1) is 0 Å². The topological polar surface area (TPSA) is 54.0 Å². The van der Waals surface area contributed by atoms with Crippen LogP contribution in [0.25, 0.3) is 10.8 Å². The van der Waals surface area contributed by atoms with Gasteiger partial charge in [0.1, 0.15) is 11.9 Å². The molecule has 3 aromatic rings. The number of fused-ring (bicyclic) bond motifs is 1. The Hall–Kier alpha value is -2.80. The van der Waals surface area contributed by atoms with Gasteiger partial charge < -0.3 is 24.6 Å². The second-order valence-corrected chi connectivity index (χ2v) is 12.0. The number of nitrogens with one attached hydrogen (secondary N) is 1. The summed E-state index contributed by atoms with van der Waals surface area (Å²) in [7, 11) is 0. The molecule has 40 heavy (non-hydrogen) atoms. The number of carbonyl (C=O) groups is 1. The minimum Gasteiger partial charge on any atom is -0.489 e. The normalized spacial score (nSPS) is 21.1. The molecule has 6 rings (SSSR count). The SMILES string of the molecule is O=C(NC(Cc1ccc(OC2CCOCC2)c(Cl)c1)CN1CCCC1)[C@@H]1CCN(c2ccc3ccccc3c2)C1. The Morgan fingerprint density at radius 1 is 0.975 bits per heavy atom. The molecule has 3 aliphatic heterocycles. The van der Waals surface area contributed by atoms with Gasteiger partial charge in [-0.05, 0) is 79.4 Å².